The smallest absolute Gasteiger partial charge is 0.298 e. The molecule has 1 amide bonds. The summed E-state index contributed by atoms with van der Waals surface area (Å²) in [5.41, 5.74) is -0.184. The first-order chi connectivity index (χ1) is 11.1. The SMILES string of the molecule is CC(=O)Nc1c(O)cc(O)cc1Oc1ccc(Cl)cc1S(=O)(=O)O. The summed E-state index contributed by atoms with van der Waals surface area (Å²) in [6.07, 6.45) is 0. The topological polar surface area (TPSA) is 133 Å². The van der Waals surface area contributed by atoms with Crippen molar-refractivity contribution in [2.75, 3.05) is 5.32 Å². The number of aromatic hydroxyl groups is 2. The van der Waals surface area contributed by atoms with Gasteiger partial charge in [-0.1, -0.05) is 11.6 Å². The molecule has 0 saturated carbocycles. The van der Waals surface area contributed by atoms with E-state index in [1.165, 1.54) is 19.1 Å². The van der Waals surface area contributed by atoms with Crippen molar-refractivity contribution in [2.45, 2.75) is 11.8 Å². The second-order valence-corrected chi connectivity index (χ2v) is 6.51. The second-order valence-electron chi connectivity index (χ2n) is 4.69. The Kier molecular flexibility index (Phi) is 4.88. The number of carbonyl (C=O) groups excluding carboxylic acids is 1. The first-order valence-corrected chi connectivity index (χ1v) is 8.18. The minimum absolute atomic E-state index is 0.0378. The normalized spacial score (nSPS) is 11.1. The molecule has 0 unspecified atom stereocenters. The third-order valence-electron chi connectivity index (χ3n) is 2.77. The lowest BCUT2D eigenvalue weighted by atomic mass is 10.2. The van der Waals surface area contributed by atoms with Crippen LogP contribution in [0.5, 0.6) is 23.0 Å². The highest BCUT2D eigenvalue weighted by Crippen LogP contribution is 2.41. The van der Waals surface area contributed by atoms with Gasteiger partial charge >= 0.3 is 0 Å². The van der Waals surface area contributed by atoms with Gasteiger partial charge in [0.25, 0.3) is 10.1 Å². The highest BCUT2D eigenvalue weighted by molar-refractivity contribution is 7.86. The number of hydrogen-bond donors (Lipinski definition) is 4. The Balaban J connectivity index is 2.58. The first-order valence-electron chi connectivity index (χ1n) is 6.36. The van der Waals surface area contributed by atoms with E-state index in [1.54, 1.807) is 0 Å². The molecule has 0 saturated heterocycles. The minimum Gasteiger partial charge on any atom is -0.508 e. The number of amides is 1. The molecule has 128 valence electrons. The van der Waals surface area contributed by atoms with E-state index >= 15 is 0 Å². The van der Waals surface area contributed by atoms with Crippen LogP contribution >= 0.6 is 11.6 Å². The number of phenols is 2. The monoisotopic (exact) mass is 373 g/mol. The summed E-state index contributed by atoms with van der Waals surface area (Å²) in [5, 5.41) is 21.7. The fourth-order valence-electron chi connectivity index (χ4n) is 1.86. The molecule has 0 spiro atoms. The lowest BCUT2D eigenvalue weighted by Gasteiger charge is -2.15. The van der Waals surface area contributed by atoms with Crippen LogP contribution in [0.15, 0.2) is 35.2 Å². The van der Waals surface area contributed by atoms with Gasteiger partial charge in [0.1, 0.15) is 27.8 Å². The van der Waals surface area contributed by atoms with Crippen molar-refractivity contribution < 1.29 is 32.7 Å². The molecule has 0 heterocycles. The average Bonchev–Trinajstić information content (AvgIpc) is 2.43. The Hall–Kier alpha value is -2.49. The van der Waals surface area contributed by atoms with Crippen LogP contribution in [0.2, 0.25) is 5.02 Å². The lowest BCUT2D eigenvalue weighted by Crippen LogP contribution is -2.08. The molecule has 24 heavy (non-hydrogen) atoms. The zero-order valence-corrected chi connectivity index (χ0v) is 13.7. The van der Waals surface area contributed by atoms with Gasteiger partial charge in [-0.25, -0.2) is 0 Å². The van der Waals surface area contributed by atoms with Crippen LogP contribution in [0.4, 0.5) is 5.69 Å². The van der Waals surface area contributed by atoms with Gasteiger partial charge in [0, 0.05) is 24.1 Å². The number of phenolic OH excluding ortho intramolecular Hbond substituents is 2. The van der Waals surface area contributed by atoms with Crippen molar-refractivity contribution in [3.05, 3.63) is 35.4 Å². The standard InChI is InChI=1S/C14H12ClNO7S/c1-7(17)16-14-10(19)5-9(18)6-12(14)23-11-3-2-8(15)4-13(11)24(20,21)22/h2-6,18-19H,1H3,(H,16,17)(H,20,21,22). The third kappa shape index (κ3) is 4.07. The summed E-state index contributed by atoms with van der Waals surface area (Å²) in [4.78, 5) is 10.6. The van der Waals surface area contributed by atoms with Crippen molar-refractivity contribution >= 4 is 33.3 Å². The molecule has 0 aliphatic rings. The molecule has 10 heteroatoms. The highest BCUT2D eigenvalue weighted by atomic mass is 35.5. The molecule has 2 aromatic carbocycles. The molecule has 0 radical (unpaired) electrons. The summed E-state index contributed by atoms with van der Waals surface area (Å²) in [6, 6.07) is 5.46. The van der Waals surface area contributed by atoms with Crippen molar-refractivity contribution in [2.24, 2.45) is 0 Å². The van der Waals surface area contributed by atoms with Crippen LogP contribution in [0.1, 0.15) is 6.92 Å². The number of nitrogens with one attached hydrogen (secondary N) is 1. The van der Waals surface area contributed by atoms with E-state index < -0.39 is 26.7 Å². The number of anilines is 1. The van der Waals surface area contributed by atoms with Gasteiger partial charge < -0.3 is 20.3 Å². The molecule has 4 N–H and O–H groups in total. The van der Waals surface area contributed by atoms with E-state index in [9.17, 15) is 28.0 Å². The van der Waals surface area contributed by atoms with Crippen molar-refractivity contribution in [3.8, 4) is 23.0 Å². The maximum atomic E-state index is 11.4. The van der Waals surface area contributed by atoms with Crippen LogP contribution in [0.3, 0.4) is 0 Å². The molecule has 0 aliphatic heterocycles. The number of rotatable bonds is 4. The molecule has 0 fully saturated rings. The van der Waals surface area contributed by atoms with E-state index in [1.807, 2.05) is 0 Å². The minimum atomic E-state index is -4.65. The van der Waals surface area contributed by atoms with Crippen molar-refractivity contribution in [1.29, 1.82) is 0 Å². The molecule has 0 aliphatic carbocycles. The Bertz CT molecular complexity index is 912. The number of halogens is 1. The van der Waals surface area contributed by atoms with Gasteiger partial charge in [-0.05, 0) is 18.2 Å². The summed E-state index contributed by atoms with van der Waals surface area (Å²) in [5.74, 6) is -1.98. The third-order valence-corrected chi connectivity index (χ3v) is 3.88. The summed E-state index contributed by atoms with van der Waals surface area (Å²) in [6.45, 7) is 1.18. The molecular weight excluding hydrogens is 362 g/mol. The van der Waals surface area contributed by atoms with Crippen LogP contribution in [-0.2, 0) is 14.9 Å². The number of carbonyl (C=O) groups is 1. The van der Waals surface area contributed by atoms with Gasteiger partial charge in [-0.15, -0.1) is 0 Å². The van der Waals surface area contributed by atoms with Crippen LogP contribution in [0.25, 0.3) is 0 Å². The number of hydrogen-bond acceptors (Lipinski definition) is 6. The van der Waals surface area contributed by atoms with Gasteiger partial charge in [0.15, 0.2) is 5.75 Å². The number of benzene rings is 2. The largest absolute Gasteiger partial charge is 0.508 e. The zero-order valence-electron chi connectivity index (χ0n) is 12.1. The highest BCUT2D eigenvalue weighted by Gasteiger charge is 2.21. The van der Waals surface area contributed by atoms with E-state index in [0.29, 0.717) is 0 Å². The van der Waals surface area contributed by atoms with Gasteiger partial charge in [-0.3, -0.25) is 9.35 Å². The van der Waals surface area contributed by atoms with Gasteiger partial charge in [0.05, 0.1) is 0 Å². The fourth-order valence-corrected chi connectivity index (χ4v) is 2.73. The van der Waals surface area contributed by atoms with Gasteiger partial charge in [0.2, 0.25) is 5.91 Å². The van der Waals surface area contributed by atoms with Crippen LogP contribution in [0, 0.1) is 0 Å². The molecule has 2 aromatic rings. The van der Waals surface area contributed by atoms with E-state index in [0.717, 1.165) is 18.2 Å². The molecular formula is C14H12ClNO7S. The first kappa shape index (κ1) is 17.9. The van der Waals surface area contributed by atoms with Crippen molar-refractivity contribution in [3.63, 3.8) is 0 Å². The Labute approximate surface area is 142 Å². The Morgan fingerprint density at radius 2 is 1.83 bits per heavy atom. The Morgan fingerprint density at radius 1 is 1.17 bits per heavy atom. The summed E-state index contributed by atoms with van der Waals surface area (Å²) < 4.78 is 37.5. The van der Waals surface area contributed by atoms with Crippen LogP contribution < -0.4 is 10.1 Å². The van der Waals surface area contributed by atoms with E-state index in [2.05, 4.69) is 5.32 Å². The van der Waals surface area contributed by atoms with Crippen LogP contribution in [-0.4, -0.2) is 29.1 Å². The van der Waals surface area contributed by atoms with Crippen molar-refractivity contribution in [1.82, 2.24) is 0 Å². The maximum absolute atomic E-state index is 11.4. The second kappa shape index (κ2) is 6.56. The maximum Gasteiger partial charge on any atom is 0.298 e. The van der Waals surface area contributed by atoms with Gasteiger partial charge in [-0.2, -0.15) is 8.42 Å². The zero-order chi connectivity index (χ0) is 18.1. The molecule has 0 bridgehead atoms. The average molecular weight is 374 g/mol. The number of ether oxygens (including phenoxy) is 1. The fraction of sp³-hybridized carbons (Fsp3) is 0.0714. The molecule has 0 atom stereocenters. The lowest BCUT2D eigenvalue weighted by molar-refractivity contribution is -0.114. The van der Waals surface area contributed by atoms with E-state index in [-0.39, 0.29) is 28.0 Å². The molecule has 8 nitrogen and oxygen atoms in total. The Morgan fingerprint density at radius 3 is 2.42 bits per heavy atom. The predicted molar refractivity (Wildman–Crippen MR) is 85.4 cm³/mol. The summed E-state index contributed by atoms with van der Waals surface area (Å²) >= 11 is 5.71. The quantitative estimate of drug-likeness (QED) is 0.368. The van der Waals surface area contributed by atoms with E-state index in [4.69, 9.17) is 16.3 Å². The predicted octanol–water partition coefficient (Wildman–Crippen LogP) is 2.75. The summed E-state index contributed by atoms with van der Waals surface area (Å²) in [7, 11) is -4.65. The molecule has 0 aromatic heterocycles. The molecule has 2 rings (SSSR count).